The van der Waals surface area contributed by atoms with E-state index in [1.54, 1.807) is 6.07 Å². The maximum absolute atomic E-state index is 8.98. The molecule has 0 spiro atoms. The number of aromatic nitrogens is 3. The summed E-state index contributed by atoms with van der Waals surface area (Å²) in [4.78, 5) is 0. The van der Waals surface area contributed by atoms with Crippen LogP contribution < -0.4 is 0 Å². The molecule has 4 rings (SSSR count). The molecule has 4 aromatic rings. The summed E-state index contributed by atoms with van der Waals surface area (Å²) in [6.07, 6.45) is 6.35. The van der Waals surface area contributed by atoms with Crippen molar-refractivity contribution in [3.05, 3.63) is 83.2 Å². The van der Waals surface area contributed by atoms with E-state index in [0.29, 0.717) is 23.8 Å². The Labute approximate surface area is 150 Å². The highest BCUT2D eigenvalue weighted by Gasteiger charge is 2.06. The molecule has 0 saturated carbocycles. The fourth-order valence-corrected chi connectivity index (χ4v) is 2.96. The summed E-state index contributed by atoms with van der Waals surface area (Å²) < 4.78 is 7.79. The molecule has 5 heteroatoms. The van der Waals surface area contributed by atoms with E-state index in [4.69, 9.17) is 9.68 Å². The van der Waals surface area contributed by atoms with Crippen LogP contribution in [0.1, 0.15) is 28.5 Å². The molecule has 2 heterocycles. The van der Waals surface area contributed by atoms with Crippen LogP contribution in [0, 0.1) is 11.3 Å². The van der Waals surface area contributed by atoms with Crippen LogP contribution >= 0.6 is 0 Å². The van der Waals surface area contributed by atoms with Gasteiger partial charge in [-0.3, -0.25) is 0 Å². The van der Waals surface area contributed by atoms with Crippen molar-refractivity contribution in [2.75, 3.05) is 0 Å². The molecule has 0 saturated heterocycles. The van der Waals surface area contributed by atoms with Crippen molar-refractivity contribution in [1.29, 1.82) is 5.26 Å². The molecule has 0 atom stereocenters. The predicted octanol–water partition coefficient (Wildman–Crippen LogP) is 4.19. The monoisotopic (exact) mass is 340 g/mol. The van der Waals surface area contributed by atoms with Gasteiger partial charge in [-0.15, -0.1) is 10.2 Å². The number of benzene rings is 2. The van der Waals surface area contributed by atoms with Gasteiger partial charge in [0.15, 0.2) is 0 Å². The summed E-state index contributed by atoms with van der Waals surface area (Å²) in [6.45, 7) is 0. The first kappa shape index (κ1) is 15.9. The Kier molecular flexibility index (Phi) is 4.08. The summed E-state index contributed by atoms with van der Waals surface area (Å²) in [5, 5.41) is 18.3. The number of nitrogens with zero attached hydrogens (tertiary/aromatic N) is 4. The third-order valence-electron chi connectivity index (χ3n) is 4.26. The Hall–Kier alpha value is -3.65. The fraction of sp³-hybridized carbons (Fsp3) is 0.0952. The van der Waals surface area contributed by atoms with E-state index in [1.807, 2.05) is 49.7 Å². The van der Waals surface area contributed by atoms with Gasteiger partial charge in [0.2, 0.25) is 11.8 Å². The lowest BCUT2D eigenvalue weighted by atomic mass is 10.1. The zero-order valence-electron chi connectivity index (χ0n) is 14.3. The van der Waals surface area contributed by atoms with Crippen LogP contribution in [0.15, 0.2) is 59.1 Å². The summed E-state index contributed by atoms with van der Waals surface area (Å²) in [5.74, 6) is 0.988. The van der Waals surface area contributed by atoms with Crippen LogP contribution in [-0.2, 0) is 13.5 Å². The Morgan fingerprint density at radius 1 is 1.12 bits per heavy atom. The highest BCUT2D eigenvalue weighted by molar-refractivity contribution is 5.91. The molecule has 0 aliphatic heterocycles. The summed E-state index contributed by atoms with van der Waals surface area (Å²) in [5.41, 5.74) is 3.87. The van der Waals surface area contributed by atoms with Crippen LogP contribution in [0.2, 0.25) is 0 Å². The molecule has 0 N–H and O–H groups in total. The van der Waals surface area contributed by atoms with Gasteiger partial charge in [0.25, 0.3) is 0 Å². The van der Waals surface area contributed by atoms with Gasteiger partial charge in [-0.1, -0.05) is 24.3 Å². The lowest BCUT2D eigenvalue weighted by Crippen LogP contribution is -1.89. The second kappa shape index (κ2) is 6.69. The molecular weight excluding hydrogens is 324 g/mol. The van der Waals surface area contributed by atoms with Gasteiger partial charge in [0, 0.05) is 30.2 Å². The Morgan fingerprint density at radius 3 is 2.88 bits per heavy atom. The molecule has 0 aliphatic carbocycles. The first-order chi connectivity index (χ1) is 12.7. The minimum Gasteiger partial charge on any atom is -0.421 e. The predicted molar refractivity (Wildman–Crippen MR) is 100 cm³/mol. The maximum Gasteiger partial charge on any atom is 0.240 e. The lowest BCUT2D eigenvalue weighted by Gasteiger charge is -1.98. The van der Waals surface area contributed by atoms with Crippen LogP contribution in [0.25, 0.3) is 23.1 Å². The molecule has 0 radical (unpaired) electrons. The SMILES string of the molecule is Cn1ccc2c(/C=C/c3nnc(Cc4cccc(C#N)c4)o3)cccc21. The van der Waals surface area contributed by atoms with Crippen molar-refractivity contribution in [2.24, 2.45) is 7.05 Å². The highest BCUT2D eigenvalue weighted by atomic mass is 16.4. The quantitative estimate of drug-likeness (QED) is 0.558. The van der Waals surface area contributed by atoms with Crippen molar-refractivity contribution in [2.45, 2.75) is 6.42 Å². The zero-order chi connectivity index (χ0) is 17.9. The van der Waals surface area contributed by atoms with Crippen LogP contribution in [0.5, 0.6) is 0 Å². The molecule has 0 bridgehead atoms. The number of nitriles is 1. The third-order valence-corrected chi connectivity index (χ3v) is 4.26. The molecule has 5 nitrogen and oxygen atoms in total. The molecular formula is C21H16N4O. The third kappa shape index (κ3) is 3.13. The zero-order valence-corrected chi connectivity index (χ0v) is 14.3. The van der Waals surface area contributed by atoms with Gasteiger partial charge >= 0.3 is 0 Å². The van der Waals surface area contributed by atoms with E-state index in [2.05, 4.69) is 39.0 Å². The average Bonchev–Trinajstić information content (AvgIpc) is 3.27. The van der Waals surface area contributed by atoms with E-state index >= 15 is 0 Å². The summed E-state index contributed by atoms with van der Waals surface area (Å²) in [6, 6.07) is 17.8. The normalized spacial score (nSPS) is 11.2. The molecule has 26 heavy (non-hydrogen) atoms. The Morgan fingerprint density at radius 2 is 2.00 bits per heavy atom. The van der Waals surface area contributed by atoms with E-state index in [-0.39, 0.29) is 0 Å². The first-order valence-electron chi connectivity index (χ1n) is 8.26. The molecule has 0 aliphatic rings. The van der Waals surface area contributed by atoms with Gasteiger partial charge < -0.3 is 8.98 Å². The number of hydrogen-bond acceptors (Lipinski definition) is 4. The van der Waals surface area contributed by atoms with Gasteiger partial charge in [0.05, 0.1) is 18.1 Å². The Balaban J connectivity index is 1.54. The van der Waals surface area contributed by atoms with Crippen LogP contribution in [0.4, 0.5) is 0 Å². The number of rotatable bonds is 4. The standard InChI is InChI=1S/C21H16N4O/c1-25-11-10-18-17(6-3-7-19(18)25)8-9-20-23-24-21(26-20)13-15-4-2-5-16(12-15)14-22/h2-12H,13H2,1H3/b9-8+. The fourth-order valence-electron chi connectivity index (χ4n) is 2.96. The molecule has 0 fully saturated rings. The Bertz CT molecular complexity index is 1140. The van der Waals surface area contributed by atoms with Gasteiger partial charge in [-0.2, -0.15) is 5.26 Å². The number of aryl methyl sites for hydroxylation is 1. The van der Waals surface area contributed by atoms with Gasteiger partial charge in [0.1, 0.15) is 0 Å². The smallest absolute Gasteiger partial charge is 0.240 e. The average molecular weight is 340 g/mol. The number of hydrogen-bond donors (Lipinski definition) is 0. The molecule has 126 valence electrons. The largest absolute Gasteiger partial charge is 0.421 e. The van der Waals surface area contributed by atoms with Crippen molar-refractivity contribution < 1.29 is 4.42 Å². The van der Waals surface area contributed by atoms with Gasteiger partial charge in [-0.05, 0) is 41.5 Å². The second-order valence-corrected chi connectivity index (χ2v) is 6.06. The second-order valence-electron chi connectivity index (χ2n) is 6.06. The van der Waals surface area contributed by atoms with Crippen LogP contribution in [0.3, 0.4) is 0 Å². The highest BCUT2D eigenvalue weighted by Crippen LogP contribution is 2.21. The maximum atomic E-state index is 8.98. The van der Waals surface area contributed by atoms with Crippen molar-refractivity contribution in [3.8, 4) is 6.07 Å². The molecule has 0 amide bonds. The summed E-state index contributed by atoms with van der Waals surface area (Å²) in [7, 11) is 2.03. The molecule has 2 aromatic heterocycles. The molecule has 0 unspecified atom stereocenters. The van der Waals surface area contributed by atoms with E-state index in [0.717, 1.165) is 11.1 Å². The summed E-state index contributed by atoms with van der Waals surface area (Å²) >= 11 is 0. The lowest BCUT2D eigenvalue weighted by molar-refractivity contribution is 0.496. The first-order valence-corrected chi connectivity index (χ1v) is 8.26. The number of fused-ring (bicyclic) bond motifs is 1. The molecule has 2 aromatic carbocycles. The van der Waals surface area contributed by atoms with Crippen LogP contribution in [-0.4, -0.2) is 14.8 Å². The van der Waals surface area contributed by atoms with E-state index < -0.39 is 0 Å². The minimum atomic E-state index is 0.462. The van der Waals surface area contributed by atoms with Gasteiger partial charge in [-0.25, -0.2) is 0 Å². The minimum absolute atomic E-state index is 0.462. The van der Waals surface area contributed by atoms with E-state index in [1.165, 1.54) is 10.9 Å². The topological polar surface area (TPSA) is 67.6 Å². The van der Waals surface area contributed by atoms with Crippen molar-refractivity contribution >= 4 is 23.1 Å². The van der Waals surface area contributed by atoms with E-state index in [9.17, 15) is 0 Å². The van der Waals surface area contributed by atoms with Crippen molar-refractivity contribution in [1.82, 2.24) is 14.8 Å². The van der Waals surface area contributed by atoms with Crippen molar-refractivity contribution in [3.63, 3.8) is 0 Å².